The zero-order chi connectivity index (χ0) is 19.6. The Kier molecular flexibility index (Phi) is 8.71. The molecule has 0 aromatic rings. The van der Waals surface area contributed by atoms with E-state index in [0.717, 1.165) is 50.4 Å². The molecule has 0 radical (unpaired) electrons. The van der Waals surface area contributed by atoms with Gasteiger partial charge in [-0.25, -0.2) is 4.79 Å². The van der Waals surface area contributed by atoms with Gasteiger partial charge in [-0.05, 0) is 50.6 Å². The molecule has 4 N–H and O–H groups in total. The number of hydrogen-bond donors (Lipinski definition) is 4. The number of dihydropyridines is 1. The first-order valence-corrected chi connectivity index (χ1v) is 9.63. The molecule has 7 heteroatoms. The van der Waals surface area contributed by atoms with Crippen molar-refractivity contribution in [2.75, 3.05) is 46.4 Å². The minimum absolute atomic E-state index is 0.0799. The largest absolute Gasteiger partial charge is 0.478 e. The Morgan fingerprint density at radius 2 is 2.22 bits per heavy atom. The summed E-state index contributed by atoms with van der Waals surface area (Å²) < 4.78 is 0. The molecule has 1 saturated heterocycles. The van der Waals surface area contributed by atoms with Crippen LogP contribution in [0.3, 0.4) is 0 Å². The van der Waals surface area contributed by atoms with Gasteiger partial charge in [0, 0.05) is 31.4 Å². The second-order valence-electron chi connectivity index (χ2n) is 7.18. The molecule has 0 aromatic carbocycles. The number of nitrogens with one attached hydrogen (secondary N) is 2. The quantitative estimate of drug-likeness (QED) is 0.525. The number of rotatable bonds is 7. The zero-order valence-corrected chi connectivity index (χ0v) is 16.3. The summed E-state index contributed by atoms with van der Waals surface area (Å²) in [6, 6.07) is 0.535. The van der Waals surface area contributed by atoms with Crippen molar-refractivity contribution in [2.24, 2.45) is 10.9 Å². The van der Waals surface area contributed by atoms with E-state index in [1.807, 2.05) is 18.2 Å². The lowest BCUT2D eigenvalue weighted by Crippen LogP contribution is -2.37. The molecule has 2 atom stereocenters. The zero-order valence-electron chi connectivity index (χ0n) is 16.3. The normalized spacial score (nSPS) is 24.5. The Balaban J connectivity index is 0.000000313. The van der Waals surface area contributed by atoms with Crippen LogP contribution in [0.4, 0.5) is 0 Å². The number of allylic oxidation sites excluding steroid dienone is 3. The van der Waals surface area contributed by atoms with Crippen molar-refractivity contribution in [3.63, 3.8) is 0 Å². The van der Waals surface area contributed by atoms with Gasteiger partial charge in [0.15, 0.2) is 0 Å². The summed E-state index contributed by atoms with van der Waals surface area (Å²) in [5, 5.41) is 24.2. The first-order chi connectivity index (χ1) is 13.0. The van der Waals surface area contributed by atoms with Gasteiger partial charge in [-0.2, -0.15) is 0 Å². The van der Waals surface area contributed by atoms with E-state index in [2.05, 4.69) is 34.5 Å². The molecule has 0 saturated carbocycles. The van der Waals surface area contributed by atoms with Crippen LogP contribution in [-0.4, -0.2) is 79.2 Å². The third-order valence-electron chi connectivity index (χ3n) is 4.90. The molecule has 2 unspecified atom stereocenters. The molecule has 3 aliphatic rings. The van der Waals surface area contributed by atoms with Crippen LogP contribution >= 0.6 is 0 Å². The number of carboxylic acid groups (broad SMARTS) is 1. The summed E-state index contributed by atoms with van der Waals surface area (Å²) in [7, 11) is 2.16. The molecule has 1 fully saturated rings. The van der Waals surface area contributed by atoms with Crippen molar-refractivity contribution >= 4 is 11.7 Å². The highest BCUT2D eigenvalue weighted by molar-refractivity contribution is 5.97. The lowest BCUT2D eigenvalue weighted by molar-refractivity contribution is -0.132. The highest BCUT2D eigenvalue weighted by atomic mass is 16.4. The smallest absolute Gasteiger partial charge is 0.333 e. The second kappa shape index (κ2) is 11.0. The highest BCUT2D eigenvalue weighted by Gasteiger charge is 2.31. The third-order valence-corrected chi connectivity index (χ3v) is 4.90. The Labute approximate surface area is 161 Å². The fourth-order valence-corrected chi connectivity index (χ4v) is 3.47. The summed E-state index contributed by atoms with van der Waals surface area (Å²) in [5.41, 5.74) is 2.37. The van der Waals surface area contributed by atoms with Crippen molar-refractivity contribution in [1.82, 2.24) is 15.5 Å². The topological polar surface area (TPSA) is 97.2 Å². The molecule has 0 spiro atoms. The molecular weight excluding hydrogens is 344 g/mol. The number of aliphatic hydroxyl groups is 1. The number of likely N-dealkylation sites (tertiary alicyclic amines) is 1. The van der Waals surface area contributed by atoms with E-state index in [-0.39, 0.29) is 6.61 Å². The minimum Gasteiger partial charge on any atom is -0.478 e. The number of carbonyl (C=O) groups is 1. The molecule has 0 aliphatic carbocycles. The molecule has 0 amide bonds. The van der Waals surface area contributed by atoms with Crippen LogP contribution in [-0.2, 0) is 4.79 Å². The average molecular weight is 377 g/mol. The number of likely N-dealkylation sites (N-methyl/N-ethyl adjacent to an activating group) is 1. The standard InChI is InChI=1S/C15H25N3O2.C5H7NO/c1-3-6-16-14-10-18(2)9-12(14)7-13-5-4-11(8-17-13)15(19)20;7-4-5-2-1-3-6-5/h4-5,12,14,16-17H,3,6-10H2,1-2H3,(H,19,20);1-2,7H,3-4H2. The maximum atomic E-state index is 10.9. The van der Waals surface area contributed by atoms with E-state index in [1.54, 1.807) is 6.08 Å². The van der Waals surface area contributed by atoms with Gasteiger partial charge in [-0.15, -0.1) is 0 Å². The molecule has 0 bridgehead atoms. The van der Waals surface area contributed by atoms with Gasteiger partial charge < -0.3 is 25.7 Å². The van der Waals surface area contributed by atoms with Crippen LogP contribution in [0.15, 0.2) is 40.6 Å². The summed E-state index contributed by atoms with van der Waals surface area (Å²) >= 11 is 0. The Morgan fingerprint density at radius 1 is 1.41 bits per heavy atom. The van der Waals surface area contributed by atoms with Crippen molar-refractivity contribution in [3.8, 4) is 0 Å². The third kappa shape index (κ3) is 6.93. The molecule has 3 heterocycles. The van der Waals surface area contributed by atoms with Gasteiger partial charge in [0.05, 0.1) is 24.4 Å². The summed E-state index contributed by atoms with van der Waals surface area (Å²) in [5.74, 6) is -0.249. The Hall–Kier alpha value is -1.96. The maximum Gasteiger partial charge on any atom is 0.333 e. The summed E-state index contributed by atoms with van der Waals surface area (Å²) in [4.78, 5) is 17.1. The maximum absolute atomic E-state index is 10.9. The predicted molar refractivity (Wildman–Crippen MR) is 108 cm³/mol. The first kappa shape index (κ1) is 21.3. The molecule has 3 aliphatic heterocycles. The van der Waals surface area contributed by atoms with Gasteiger partial charge in [-0.1, -0.05) is 13.0 Å². The first-order valence-electron chi connectivity index (χ1n) is 9.63. The van der Waals surface area contributed by atoms with Crippen LogP contribution in [0.1, 0.15) is 19.8 Å². The van der Waals surface area contributed by atoms with Crippen LogP contribution in [0.5, 0.6) is 0 Å². The number of nitrogens with zero attached hydrogens (tertiary/aromatic N) is 2. The van der Waals surface area contributed by atoms with Gasteiger partial charge in [0.1, 0.15) is 0 Å². The molecular formula is C20H32N4O3. The monoisotopic (exact) mass is 376 g/mol. The van der Waals surface area contributed by atoms with Crippen LogP contribution in [0.25, 0.3) is 0 Å². The van der Waals surface area contributed by atoms with Gasteiger partial charge in [0.2, 0.25) is 0 Å². The molecule has 150 valence electrons. The molecule has 7 nitrogen and oxygen atoms in total. The van der Waals surface area contributed by atoms with Gasteiger partial charge in [-0.3, -0.25) is 4.99 Å². The van der Waals surface area contributed by atoms with E-state index >= 15 is 0 Å². The second-order valence-corrected chi connectivity index (χ2v) is 7.18. The fraction of sp³-hybridized carbons (Fsp3) is 0.600. The number of hydrogen-bond acceptors (Lipinski definition) is 6. The molecule has 3 rings (SSSR count). The van der Waals surface area contributed by atoms with Gasteiger partial charge in [0.25, 0.3) is 0 Å². The lowest BCUT2D eigenvalue weighted by Gasteiger charge is -2.23. The number of carboxylic acids is 1. The van der Waals surface area contributed by atoms with Gasteiger partial charge >= 0.3 is 5.97 Å². The van der Waals surface area contributed by atoms with Crippen LogP contribution in [0.2, 0.25) is 0 Å². The van der Waals surface area contributed by atoms with E-state index in [4.69, 9.17) is 10.2 Å². The van der Waals surface area contributed by atoms with Crippen LogP contribution in [0, 0.1) is 5.92 Å². The SMILES string of the molecule is CCCNC1CN(C)CC1CC1=CC=C(C(=O)O)CN1.OCC1=NCC=C1. The number of aliphatic carboxylic acids is 1. The number of aliphatic hydroxyl groups excluding tert-OH is 1. The summed E-state index contributed by atoms with van der Waals surface area (Å²) in [6.45, 7) is 6.68. The van der Waals surface area contributed by atoms with E-state index in [0.29, 0.717) is 24.1 Å². The molecule has 27 heavy (non-hydrogen) atoms. The average Bonchev–Trinajstić information content (AvgIpc) is 3.30. The Bertz CT molecular complexity index is 625. The lowest BCUT2D eigenvalue weighted by atomic mass is 9.96. The van der Waals surface area contributed by atoms with Crippen molar-refractivity contribution in [1.29, 1.82) is 0 Å². The highest BCUT2D eigenvalue weighted by Crippen LogP contribution is 2.23. The van der Waals surface area contributed by atoms with Crippen molar-refractivity contribution in [2.45, 2.75) is 25.8 Å². The fourth-order valence-electron chi connectivity index (χ4n) is 3.47. The molecule has 0 aromatic heterocycles. The van der Waals surface area contributed by atoms with Crippen molar-refractivity contribution in [3.05, 3.63) is 35.6 Å². The van der Waals surface area contributed by atoms with E-state index < -0.39 is 5.97 Å². The summed E-state index contributed by atoms with van der Waals surface area (Å²) in [6.07, 6.45) is 9.53. The van der Waals surface area contributed by atoms with Crippen molar-refractivity contribution < 1.29 is 15.0 Å². The Morgan fingerprint density at radius 3 is 2.74 bits per heavy atom. The number of aliphatic imine (C=N–C) groups is 1. The predicted octanol–water partition coefficient (Wildman–Crippen LogP) is 0.794. The minimum atomic E-state index is -0.837. The van der Waals surface area contributed by atoms with Crippen LogP contribution < -0.4 is 10.6 Å². The van der Waals surface area contributed by atoms with E-state index in [9.17, 15) is 4.79 Å². The van der Waals surface area contributed by atoms with E-state index in [1.165, 1.54) is 0 Å².